The molecule has 0 bridgehead atoms. The number of nitrogens with zero attached hydrogens (tertiary/aromatic N) is 4. The fraction of sp³-hybridized carbons (Fsp3) is 0.562. The van der Waals surface area contributed by atoms with Gasteiger partial charge in [0.25, 0.3) is 0 Å². The van der Waals surface area contributed by atoms with E-state index in [1.807, 2.05) is 22.9 Å². The lowest BCUT2D eigenvalue weighted by Gasteiger charge is -2.21. The van der Waals surface area contributed by atoms with Crippen LogP contribution in [0.4, 0.5) is 5.69 Å². The number of anilines is 1. The molecule has 1 aliphatic rings. The number of nitrogens with two attached hydrogens (primary N) is 1. The minimum atomic E-state index is 0.423. The van der Waals surface area contributed by atoms with Crippen LogP contribution in [-0.4, -0.2) is 20.2 Å². The van der Waals surface area contributed by atoms with Gasteiger partial charge in [0.15, 0.2) is 5.82 Å². The van der Waals surface area contributed by atoms with Crippen molar-refractivity contribution in [1.29, 1.82) is 0 Å². The average molecular weight is 285 g/mol. The van der Waals surface area contributed by atoms with Gasteiger partial charge in [-0.05, 0) is 54.0 Å². The summed E-state index contributed by atoms with van der Waals surface area (Å²) in [6.07, 6.45) is 8.91. The summed E-state index contributed by atoms with van der Waals surface area (Å²) in [7, 11) is 0. The smallest absolute Gasteiger partial charge is 0.182 e. The van der Waals surface area contributed by atoms with Crippen LogP contribution in [0.2, 0.25) is 0 Å². The second kappa shape index (κ2) is 6.24. The summed E-state index contributed by atoms with van der Waals surface area (Å²) in [5.41, 5.74) is 8.82. The second-order valence-electron chi connectivity index (χ2n) is 6.02. The third kappa shape index (κ3) is 3.06. The minimum Gasteiger partial charge on any atom is -0.399 e. The molecular formula is C16H23N5. The average Bonchev–Trinajstić information content (AvgIpc) is 2.87. The quantitative estimate of drug-likeness (QED) is 0.857. The van der Waals surface area contributed by atoms with Crippen molar-refractivity contribution >= 4 is 5.69 Å². The van der Waals surface area contributed by atoms with Crippen molar-refractivity contribution in [3.8, 4) is 11.4 Å². The van der Waals surface area contributed by atoms with Gasteiger partial charge in [-0.15, -0.1) is 5.10 Å². The van der Waals surface area contributed by atoms with Crippen molar-refractivity contribution in [2.75, 3.05) is 5.73 Å². The van der Waals surface area contributed by atoms with Crippen molar-refractivity contribution < 1.29 is 0 Å². The van der Waals surface area contributed by atoms with E-state index in [1.165, 1.54) is 44.9 Å². The van der Waals surface area contributed by atoms with Crippen LogP contribution in [0.15, 0.2) is 18.2 Å². The van der Waals surface area contributed by atoms with Crippen LogP contribution in [0.3, 0.4) is 0 Å². The van der Waals surface area contributed by atoms with Gasteiger partial charge in [0.2, 0.25) is 0 Å². The molecule has 0 amide bonds. The highest BCUT2D eigenvalue weighted by molar-refractivity contribution is 5.63. The molecule has 21 heavy (non-hydrogen) atoms. The molecule has 1 saturated carbocycles. The highest BCUT2D eigenvalue weighted by atomic mass is 15.5. The first kappa shape index (κ1) is 14.0. The zero-order chi connectivity index (χ0) is 14.7. The van der Waals surface area contributed by atoms with E-state index < -0.39 is 0 Å². The van der Waals surface area contributed by atoms with E-state index in [4.69, 9.17) is 5.73 Å². The number of nitrogen functional groups attached to an aromatic ring is 1. The molecule has 2 aromatic rings. The maximum Gasteiger partial charge on any atom is 0.182 e. The SMILES string of the molecule is Cc1cc(N)ccc1-c1nnnn1C1CCCCCCC1. The molecule has 0 unspecified atom stereocenters. The van der Waals surface area contributed by atoms with Gasteiger partial charge in [0.05, 0.1) is 6.04 Å². The molecule has 0 aliphatic heterocycles. The summed E-state index contributed by atoms with van der Waals surface area (Å²) in [5, 5.41) is 12.5. The van der Waals surface area contributed by atoms with E-state index in [0.29, 0.717) is 6.04 Å². The van der Waals surface area contributed by atoms with Crippen LogP contribution in [0.5, 0.6) is 0 Å². The molecule has 5 heteroatoms. The van der Waals surface area contributed by atoms with E-state index in [2.05, 4.69) is 22.4 Å². The highest BCUT2D eigenvalue weighted by Crippen LogP contribution is 2.30. The molecule has 0 spiro atoms. The lowest BCUT2D eigenvalue weighted by atomic mass is 9.96. The molecule has 112 valence electrons. The van der Waals surface area contributed by atoms with Gasteiger partial charge in [-0.2, -0.15) is 0 Å². The minimum absolute atomic E-state index is 0.423. The van der Waals surface area contributed by atoms with Gasteiger partial charge in [-0.3, -0.25) is 0 Å². The lowest BCUT2D eigenvalue weighted by Crippen LogP contribution is -2.14. The molecule has 0 atom stereocenters. The van der Waals surface area contributed by atoms with Crippen molar-refractivity contribution in [3.63, 3.8) is 0 Å². The van der Waals surface area contributed by atoms with E-state index in [9.17, 15) is 0 Å². The number of rotatable bonds is 2. The van der Waals surface area contributed by atoms with E-state index in [1.54, 1.807) is 0 Å². The molecule has 1 aromatic heterocycles. The first-order valence-electron chi connectivity index (χ1n) is 7.90. The standard InChI is InChI=1S/C16H23N5/c1-12-11-13(17)9-10-15(12)16-18-19-20-21(16)14-7-5-3-2-4-6-8-14/h9-11,14H,2-8,17H2,1H3. The summed E-state index contributed by atoms with van der Waals surface area (Å²) in [6.45, 7) is 2.06. The van der Waals surface area contributed by atoms with E-state index >= 15 is 0 Å². The van der Waals surface area contributed by atoms with E-state index in [0.717, 1.165) is 22.6 Å². The number of tetrazole rings is 1. The summed E-state index contributed by atoms with van der Waals surface area (Å²) >= 11 is 0. The zero-order valence-electron chi connectivity index (χ0n) is 12.6. The molecule has 3 rings (SSSR count). The summed E-state index contributed by atoms with van der Waals surface area (Å²) in [4.78, 5) is 0. The van der Waals surface area contributed by atoms with Gasteiger partial charge in [-0.1, -0.05) is 32.1 Å². The Morgan fingerprint density at radius 2 is 1.81 bits per heavy atom. The number of hydrogen-bond donors (Lipinski definition) is 1. The molecule has 2 N–H and O–H groups in total. The molecular weight excluding hydrogens is 262 g/mol. The normalized spacial score (nSPS) is 17.4. The zero-order valence-corrected chi connectivity index (χ0v) is 12.6. The van der Waals surface area contributed by atoms with Gasteiger partial charge < -0.3 is 5.73 Å². The summed E-state index contributed by atoms with van der Waals surface area (Å²) < 4.78 is 2.03. The van der Waals surface area contributed by atoms with Crippen LogP contribution >= 0.6 is 0 Å². The molecule has 1 aromatic carbocycles. The van der Waals surface area contributed by atoms with Crippen molar-refractivity contribution in [1.82, 2.24) is 20.2 Å². The van der Waals surface area contributed by atoms with Crippen molar-refractivity contribution in [2.45, 2.75) is 57.9 Å². The van der Waals surface area contributed by atoms with Gasteiger partial charge >= 0.3 is 0 Å². The van der Waals surface area contributed by atoms with Crippen LogP contribution in [-0.2, 0) is 0 Å². The second-order valence-corrected chi connectivity index (χ2v) is 6.02. The molecule has 0 radical (unpaired) electrons. The van der Waals surface area contributed by atoms with Crippen LogP contribution in [0.1, 0.15) is 56.6 Å². The summed E-state index contributed by atoms with van der Waals surface area (Å²) in [5.74, 6) is 0.873. The van der Waals surface area contributed by atoms with Gasteiger partial charge in [0, 0.05) is 11.3 Å². The fourth-order valence-corrected chi connectivity index (χ4v) is 3.23. The largest absolute Gasteiger partial charge is 0.399 e. The van der Waals surface area contributed by atoms with Crippen LogP contribution < -0.4 is 5.73 Å². The molecule has 0 saturated heterocycles. The maximum absolute atomic E-state index is 5.84. The predicted octanol–water partition coefficient (Wildman–Crippen LogP) is 3.52. The number of aromatic nitrogens is 4. The Labute approximate surface area is 125 Å². The highest BCUT2D eigenvalue weighted by Gasteiger charge is 2.20. The molecule has 1 heterocycles. The van der Waals surface area contributed by atoms with Crippen LogP contribution in [0.25, 0.3) is 11.4 Å². The number of hydrogen-bond acceptors (Lipinski definition) is 4. The van der Waals surface area contributed by atoms with Crippen molar-refractivity contribution in [3.05, 3.63) is 23.8 Å². The lowest BCUT2D eigenvalue weighted by molar-refractivity contribution is 0.345. The Bertz CT molecular complexity index is 596. The molecule has 1 aliphatic carbocycles. The van der Waals surface area contributed by atoms with Gasteiger partial charge in [0.1, 0.15) is 0 Å². The Morgan fingerprint density at radius 3 is 2.52 bits per heavy atom. The first-order chi connectivity index (χ1) is 10.3. The Hall–Kier alpha value is -1.91. The van der Waals surface area contributed by atoms with Gasteiger partial charge in [-0.25, -0.2) is 4.68 Å². The van der Waals surface area contributed by atoms with E-state index in [-0.39, 0.29) is 0 Å². The predicted molar refractivity (Wildman–Crippen MR) is 83.8 cm³/mol. The molecule has 1 fully saturated rings. The topological polar surface area (TPSA) is 69.6 Å². The van der Waals surface area contributed by atoms with Crippen molar-refractivity contribution in [2.24, 2.45) is 0 Å². The third-order valence-electron chi connectivity index (χ3n) is 4.40. The number of aryl methyl sites for hydroxylation is 1. The Balaban J connectivity index is 1.92. The summed E-state index contributed by atoms with van der Waals surface area (Å²) in [6, 6.07) is 6.34. The Morgan fingerprint density at radius 1 is 1.10 bits per heavy atom. The first-order valence-corrected chi connectivity index (χ1v) is 7.90. The van der Waals surface area contributed by atoms with Crippen LogP contribution in [0, 0.1) is 6.92 Å². The fourth-order valence-electron chi connectivity index (χ4n) is 3.23. The Kier molecular flexibility index (Phi) is 4.18. The maximum atomic E-state index is 5.84. The number of benzene rings is 1. The monoisotopic (exact) mass is 285 g/mol. The molecule has 5 nitrogen and oxygen atoms in total. The third-order valence-corrected chi connectivity index (χ3v) is 4.40.